The van der Waals surface area contributed by atoms with E-state index in [4.69, 9.17) is 14.2 Å². The summed E-state index contributed by atoms with van der Waals surface area (Å²) in [5.74, 6) is -2.29. The highest BCUT2D eigenvalue weighted by Gasteiger charge is 2.61. The van der Waals surface area contributed by atoms with E-state index in [1.54, 1.807) is 0 Å². The number of fused-ring (bicyclic) bond motifs is 3. The first-order valence-electron chi connectivity index (χ1n) is 12.0. The van der Waals surface area contributed by atoms with Crippen molar-refractivity contribution >= 4 is 17.9 Å². The van der Waals surface area contributed by atoms with Gasteiger partial charge in [-0.25, -0.2) is 0 Å². The van der Waals surface area contributed by atoms with Crippen molar-refractivity contribution in [3.05, 3.63) is 22.8 Å². The summed E-state index contributed by atoms with van der Waals surface area (Å²) in [5, 5.41) is 22.2. The van der Waals surface area contributed by atoms with Gasteiger partial charge in [0.05, 0.1) is 6.61 Å². The van der Waals surface area contributed by atoms with Crippen molar-refractivity contribution in [2.45, 2.75) is 92.1 Å². The molecule has 34 heavy (non-hydrogen) atoms. The summed E-state index contributed by atoms with van der Waals surface area (Å²) >= 11 is 0. The highest BCUT2D eigenvalue weighted by Crippen LogP contribution is 2.59. The Bertz CT molecular complexity index is 916. The van der Waals surface area contributed by atoms with Crippen LogP contribution < -0.4 is 0 Å². The molecule has 0 aliphatic heterocycles. The molecule has 2 N–H and O–H groups in total. The summed E-state index contributed by atoms with van der Waals surface area (Å²) in [4.78, 5) is 36.5. The van der Waals surface area contributed by atoms with Crippen molar-refractivity contribution in [2.24, 2.45) is 22.7 Å². The molecule has 0 saturated heterocycles. The third-order valence-electron chi connectivity index (χ3n) is 8.25. The number of aliphatic hydroxyl groups is 2. The summed E-state index contributed by atoms with van der Waals surface area (Å²) in [6.45, 7) is 11.5. The van der Waals surface area contributed by atoms with E-state index in [1.165, 1.54) is 20.8 Å². The Morgan fingerprint density at radius 1 is 1.03 bits per heavy atom. The molecule has 2 bridgehead atoms. The third kappa shape index (κ3) is 4.42. The van der Waals surface area contributed by atoms with Crippen LogP contribution in [0.3, 0.4) is 0 Å². The lowest BCUT2D eigenvalue weighted by molar-refractivity contribution is -0.188. The van der Waals surface area contributed by atoms with Gasteiger partial charge in [-0.05, 0) is 48.3 Å². The molecule has 3 aliphatic carbocycles. The molecule has 3 rings (SSSR count). The molecule has 0 aromatic heterocycles. The molecule has 0 heterocycles. The first kappa shape index (κ1) is 26.4. The van der Waals surface area contributed by atoms with Gasteiger partial charge in [-0.1, -0.05) is 26.8 Å². The number of hydrogen-bond acceptors (Lipinski definition) is 8. The Balaban J connectivity index is 2.35. The largest absolute Gasteiger partial charge is 0.462 e. The predicted octanol–water partition coefficient (Wildman–Crippen LogP) is 2.85. The van der Waals surface area contributed by atoms with E-state index in [0.29, 0.717) is 30.4 Å². The molecule has 0 spiro atoms. The molecule has 1 saturated carbocycles. The van der Waals surface area contributed by atoms with Gasteiger partial charge in [0.15, 0.2) is 6.10 Å². The zero-order valence-corrected chi connectivity index (χ0v) is 21.2. The third-order valence-corrected chi connectivity index (χ3v) is 8.25. The first-order valence-corrected chi connectivity index (χ1v) is 12.0. The molecular weight excluding hydrogens is 440 g/mol. The molecule has 0 radical (unpaired) electrons. The van der Waals surface area contributed by atoms with Crippen molar-refractivity contribution in [1.29, 1.82) is 0 Å². The topological polar surface area (TPSA) is 119 Å². The van der Waals surface area contributed by atoms with E-state index in [-0.39, 0.29) is 12.5 Å². The molecule has 190 valence electrons. The van der Waals surface area contributed by atoms with E-state index in [9.17, 15) is 24.6 Å². The minimum atomic E-state index is -1.14. The van der Waals surface area contributed by atoms with Gasteiger partial charge in [0.2, 0.25) is 0 Å². The SMILES string of the molecule is CC(=O)OC1CC2C(OC(C)=O)C3C(CO)=CCCC3(C)C(O)C(OC(C)=O)C(=C1C)C2(C)C. The van der Waals surface area contributed by atoms with E-state index < -0.39 is 59.1 Å². The molecule has 7 unspecified atom stereocenters. The van der Waals surface area contributed by atoms with E-state index in [2.05, 4.69) is 0 Å². The number of aliphatic hydroxyl groups excluding tert-OH is 2. The highest BCUT2D eigenvalue weighted by atomic mass is 16.6. The standard InChI is InChI=1S/C26H38O8/c1-13-19(32-14(2)28)11-18-22(33-15(3)29)21-17(12-27)9-8-10-26(21,7)24(31)23(34-16(4)30)20(13)25(18,5)6/h9,18-19,21-24,27,31H,8,10-12H2,1-7H3. The molecular formula is C26H38O8. The fourth-order valence-electron chi connectivity index (χ4n) is 6.79. The van der Waals surface area contributed by atoms with Gasteiger partial charge >= 0.3 is 17.9 Å². The Labute approximate surface area is 201 Å². The summed E-state index contributed by atoms with van der Waals surface area (Å²) in [5.41, 5.74) is 0.590. The molecule has 3 aliphatic rings. The van der Waals surface area contributed by atoms with Crippen LogP contribution in [0.25, 0.3) is 0 Å². The average Bonchev–Trinajstić information content (AvgIpc) is 2.71. The number of carbonyl (C=O) groups is 3. The average molecular weight is 479 g/mol. The zero-order valence-electron chi connectivity index (χ0n) is 21.2. The van der Waals surface area contributed by atoms with Gasteiger partial charge in [-0.3, -0.25) is 14.4 Å². The number of hydrogen-bond donors (Lipinski definition) is 2. The molecule has 8 heteroatoms. The molecule has 0 aromatic carbocycles. The first-order chi connectivity index (χ1) is 15.7. The number of rotatable bonds is 4. The van der Waals surface area contributed by atoms with Crippen LogP contribution in [0.1, 0.15) is 67.7 Å². The second kappa shape index (κ2) is 9.46. The Hall–Kier alpha value is -2.19. The maximum atomic E-state index is 12.3. The molecule has 0 amide bonds. The second-order valence-corrected chi connectivity index (χ2v) is 10.8. The predicted molar refractivity (Wildman–Crippen MR) is 123 cm³/mol. The van der Waals surface area contributed by atoms with Gasteiger partial charge in [0.1, 0.15) is 18.3 Å². The van der Waals surface area contributed by atoms with Crippen LogP contribution in [0.5, 0.6) is 0 Å². The van der Waals surface area contributed by atoms with Crippen LogP contribution in [-0.4, -0.2) is 59.1 Å². The fraction of sp³-hybridized carbons (Fsp3) is 0.731. The van der Waals surface area contributed by atoms with Crippen molar-refractivity contribution in [3.8, 4) is 0 Å². The van der Waals surface area contributed by atoms with Gasteiger partial charge in [0.25, 0.3) is 0 Å². The quantitative estimate of drug-likeness (QED) is 0.360. The van der Waals surface area contributed by atoms with E-state index in [0.717, 1.165) is 5.57 Å². The Morgan fingerprint density at radius 3 is 2.15 bits per heavy atom. The lowest BCUT2D eigenvalue weighted by atomic mass is 9.50. The van der Waals surface area contributed by atoms with Crippen molar-refractivity contribution in [1.82, 2.24) is 0 Å². The smallest absolute Gasteiger partial charge is 0.303 e. The number of allylic oxidation sites excluding steroid dienone is 1. The lowest BCUT2D eigenvalue weighted by Crippen LogP contribution is -2.62. The highest BCUT2D eigenvalue weighted by molar-refractivity contribution is 5.68. The van der Waals surface area contributed by atoms with E-state index >= 15 is 0 Å². The van der Waals surface area contributed by atoms with Crippen LogP contribution in [0.2, 0.25) is 0 Å². The van der Waals surface area contributed by atoms with Gasteiger partial charge in [-0.2, -0.15) is 0 Å². The summed E-state index contributed by atoms with van der Waals surface area (Å²) < 4.78 is 17.5. The van der Waals surface area contributed by atoms with Crippen molar-refractivity contribution < 1.29 is 38.8 Å². The summed E-state index contributed by atoms with van der Waals surface area (Å²) in [6, 6.07) is 0. The van der Waals surface area contributed by atoms with Crippen LogP contribution >= 0.6 is 0 Å². The Kier molecular flexibility index (Phi) is 7.35. The minimum absolute atomic E-state index is 0.245. The second-order valence-electron chi connectivity index (χ2n) is 10.8. The number of esters is 3. The maximum absolute atomic E-state index is 12.3. The summed E-state index contributed by atoms with van der Waals surface area (Å²) in [7, 11) is 0. The Morgan fingerprint density at radius 2 is 1.62 bits per heavy atom. The zero-order chi connectivity index (χ0) is 25.6. The lowest BCUT2D eigenvalue weighted by Gasteiger charge is -2.58. The number of ether oxygens (including phenoxy) is 3. The van der Waals surface area contributed by atoms with Gasteiger partial charge in [-0.15, -0.1) is 0 Å². The van der Waals surface area contributed by atoms with Crippen LogP contribution in [0, 0.1) is 22.7 Å². The van der Waals surface area contributed by atoms with Crippen LogP contribution in [-0.2, 0) is 28.6 Å². The van der Waals surface area contributed by atoms with Gasteiger partial charge in [0, 0.05) is 38.0 Å². The minimum Gasteiger partial charge on any atom is -0.462 e. The van der Waals surface area contributed by atoms with Crippen molar-refractivity contribution in [3.63, 3.8) is 0 Å². The summed E-state index contributed by atoms with van der Waals surface area (Å²) in [6.07, 6.45) is 0.0988. The maximum Gasteiger partial charge on any atom is 0.303 e. The molecule has 8 nitrogen and oxygen atoms in total. The normalized spacial score (nSPS) is 36.9. The van der Waals surface area contributed by atoms with E-state index in [1.807, 2.05) is 33.8 Å². The molecule has 1 fully saturated rings. The monoisotopic (exact) mass is 478 g/mol. The molecule has 7 atom stereocenters. The van der Waals surface area contributed by atoms with Crippen molar-refractivity contribution in [2.75, 3.05) is 6.61 Å². The molecule has 0 aromatic rings. The number of carbonyl (C=O) groups excluding carboxylic acids is 3. The van der Waals surface area contributed by atoms with Crippen LogP contribution in [0.15, 0.2) is 22.8 Å². The fourth-order valence-corrected chi connectivity index (χ4v) is 6.79. The van der Waals surface area contributed by atoms with Gasteiger partial charge < -0.3 is 24.4 Å². The van der Waals surface area contributed by atoms with Crippen LogP contribution in [0.4, 0.5) is 0 Å².